The molecule has 0 amide bonds. The Kier molecular flexibility index (Phi) is 4.98. The number of benzene rings is 1. The van der Waals surface area contributed by atoms with Crippen LogP contribution in [-0.4, -0.2) is 35.5 Å². The maximum Gasteiger partial charge on any atom is 0.203 e. The second kappa shape index (κ2) is 7.08. The summed E-state index contributed by atoms with van der Waals surface area (Å²) < 4.78 is 38.2. The monoisotopic (exact) mass is 387 g/mol. The topological polar surface area (TPSA) is 92.8 Å². The number of sulfone groups is 1. The standard InChI is InChI=1S/C19H18FN3O3S/c1-12-18(13(2)23(22-12)17-7-8-27(25,26)11-17)9-15(10-21)19(24)14-3-5-16(20)6-4-14/h3-6,9,17H,7-8,11H2,1-2H3/b15-9+/t17-/m1/s1. The second-order valence-corrected chi connectivity index (χ2v) is 8.82. The first-order valence-electron chi connectivity index (χ1n) is 8.40. The molecule has 8 heteroatoms. The lowest BCUT2D eigenvalue weighted by Gasteiger charge is -2.11. The van der Waals surface area contributed by atoms with Gasteiger partial charge in [0.1, 0.15) is 17.5 Å². The zero-order valence-corrected chi connectivity index (χ0v) is 15.8. The average molecular weight is 387 g/mol. The molecule has 1 aliphatic heterocycles. The van der Waals surface area contributed by atoms with E-state index < -0.39 is 21.4 Å². The molecule has 140 valence electrons. The maximum atomic E-state index is 13.0. The van der Waals surface area contributed by atoms with Crippen molar-refractivity contribution < 1.29 is 17.6 Å². The molecule has 1 atom stereocenters. The summed E-state index contributed by atoms with van der Waals surface area (Å²) >= 11 is 0. The summed E-state index contributed by atoms with van der Waals surface area (Å²) in [4.78, 5) is 12.5. The van der Waals surface area contributed by atoms with Gasteiger partial charge in [0.2, 0.25) is 5.78 Å². The average Bonchev–Trinajstić information content (AvgIpc) is 3.12. The summed E-state index contributed by atoms with van der Waals surface area (Å²) in [6, 6.07) is 6.64. The molecule has 3 rings (SSSR count). The Morgan fingerprint density at radius 3 is 2.56 bits per heavy atom. The van der Waals surface area contributed by atoms with Gasteiger partial charge in [-0.1, -0.05) is 0 Å². The molecule has 0 aliphatic carbocycles. The van der Waals surface area contributed by atoms with Crippen molar-refractivity contribution in [2.24, 2.45) is 0 Å². The van der Waals surface area contributed by atoms with Crippen molar-refractivity contribution in [2.75, 3.05) is 11.5 Å². The Labute approximate surface area is 156 Å². The number of aromatic nitrogens is 2. The van der Waals surface area contributed by atoms with Crippen LogP contribution in [0.15, 0.2) is 29.8 Å². The fraction of sp³-hybridized carbons (Fsp3) is 0.316. The Morgan fingerprint density at radius 2 is 2.00 bits per heavy atom. The Morgan fingerprint density at radius 1 is 1.33 bits per heavy atom. The molecule has 1 aromatic carbocycles. The van der Waals surface area contributed by atoms with E-state index in [1.165, 1.54) is 18.2 Å². The van der Waals surface area contributed by atoms with Crippen LogP contribution in [0.3, 0.4) is 0 Å². The highest BCUT2D eigenvalue weighted by atomic mass is 32.2. The fourth-order valence-corrected chi connectivity index (χ4v) is 4.95. The van der Waals surface area contributed by atoms with Crippen molar-refractivity contribution in [3.05, 3.63) is 58.2 Å². The Bertz CT molecular complexity index is 1080. The first-order chi connectivity index (χ1) is 12.7. The van der Waals surface area contributed by atoms with Gasteiger partial charge in [0, 0.05) is 16.8 Å². The van der Waals surface area contributed by atoms with Gasteiger partial charge in [0.15, 0.2) is 9.84 Å². The quantitative estimate of drug-likeness (QED) is 0.457. The largest absolute Gasteiger partial charge is 0.288 e. The van der Waals surface area contributed by atoms with E-state index in [2.05, 4.69) is 5.10 Å². The lowest BCUT2D eigenvalue weighted by Crippen LogP contribution is -2.14. The molecule has 0 radical (unpaired) electrons. The van der Waals surface area contributed by atoms with Gasteiger partial charge in [0.25, 0.3) is 0 Å². The van der Waals surface area contributed by atoms with Crippen molar-refractivity contribution in [2.45, 2.75) is 26.3 Å². The number of ketones is 1. The van der Waals surface area contributed by atoms with E-state index in [4.69, 9.17) is 0 Å². The van der Waals surface area contributed by atoms with Crippen molar-refractivity contribution in [3.8, 4) is 6.07 Å². The molecule has 0 saturated carbocycles. The highest BCUT2D eigenvalue weighted by Gasteiger charge is 2.31. The van der Waals surface area contributed by atoms with Crippen LogP contribution in [0.2, 0.25) is 0 Å². The summed E-state index contributed by atoms with van der Waals surface area (Å²) in [7, 11) is -3.06. The molecule has 1 fully saturated rings. The van der Waals surface area contributed by atoms with Gasteiger partial charge in [-0.25, -0.2) is 12.8 Å². The van der Waals surface area contributed by atoms with Crippen LogP contribution in [0, 0.1) is 31.0 Å². The Hall–Kier alpha value is -2.79. The number of hydrogen-bond donors (Lipinski definition) is 0. The molecule has 0 unspecified atom stereocenters. The van der Waals surface area contributed by atoms with Gasteiger partial charge in [-0.3, -0.25) is 9.48 Å². The molecule has 1 saturated heterocycles. The fourth-order valence-electron chi connectivity index (χ4n) is 3.26. The number of nitriles is 1. The third kappa shape index (κ3) is 3.83. The van der Waals surface area contributed by atoms with Crippen LogP contribution >= 0.6 is 0 Å². The summed E-state index contributed by atoms with van der Waals surface area (Å²) in [6.07, 6.45) is 1.95. The van der Waals surface area contributed by atoms with E-state index in [0.717, 1.165) is 12.1 Å². The number of halogens is 1. The van der Waals surface area contributed by atoms with E-state index >= 15 is 0 Å². The molecule has 1 aliphatic rings. The molecule has 0 bridgehead atoms. The minimum absolute atomic E-state index is 0.0394. The molecular weight excluding hydrogens is 369 g/mol. The van der Waals surface area contributed by atoms with Crippen LogP contribution in [0.5, 0.6) is 0 Å². The minimum Gasteiger partial charge on any atom is -0.288 e. The summed E-state index contributed by atoms with van der Waals surface area (Å²) in [6.45, 7) is 3.53. The molecule has 2 heterocycles. The number of hydrogen-bond acceptors (Lipinski definition) is 5. The minimum atomic E-state index is -3.06. The number of rotatable bonds is 4. The van der Waals surface area contributed by atoms with Gasteiger partial charge < -0.3 is 0 Å². The van der Waals surface area contributed by atoms with Gasteiger partial charge in [-0.15, -0.1) is 0 Å². The van der Waals surface area contributed by atoms with Crippen LogP contribution in [0.4, 0.5) is 4.39 Å². The summed E-state index contributed by atoms with van der Waals surface area (Å²) in [5.41, 5.74) is 2.05. The molecule has 0 N–H and O–H groups in total. The predicted molar refractivity (Wildman–Crippen MR) is 98.3 cm³/mol. The van der Waals surface area contributed by atoms with Crippen molar-refractivity contribution in [3.63, 3.8) is 0 Å². The zero-order chi connectivity index (χ0) is 19.8. The summed E-state index contributed by atoms with van der Waals surface area (Å²) in [5.74, 6) is -0.799. The first-order valence-corrected chi connectivity index (χ1v) is 10.2. The van der Waals surface area contributed by atoms with E-state index in [9.17, 15) is 22.9 Å². The number of carbonyl (C=O) groups excluding carboxylic acids is 1. The van der Waals surface area contributed by atoms with Crippen molar-refractivity contribution in [1.29, 1.82) is 5.26 Å². The van der Waals surface area contributed by atoms with Crippen LogP contribution in [0.1, 0.15) is 39.8 Å². The maximum absolute atomic E-state index is 13.0. The number of allylic oxidation sites excluding steroid dienone is 1. The third-order valence-corrected chi connectivity index (χ3v) is 6.45. The van der Waals surface area contributed by atoms with E-state index in [1.807, 2.05) is 6.07 Å². The van der Waals surface area contributed by atoms with Gasteiger partial charge >= 0.3 is 0 Å². The predicted octanol–water partition coefficient (Wildman–Crippen LogP) is 2.79. The van der Waals surface area contributed by atoms with Gasteiger partial charge in [-0.2, -0.15) is 10.4 Å². The SMILES string of the molecule is Cc1nn([C@@H]2CCS(=O)(=O)C2)c(C)c1/C=C(\C#N)C(=O)c1ccc(F)cc1. The Balaban J connectivity index is 1.97. The molecule has 1 aromatic heterocycles. The lowest BCUT2D eigenvalue weighted by molar-refractivity contribution is 0.104. The highest BCUT2D eigenvalue weighted by Crippen LogP contribution is 2.28. The molecule has 2 aromatic rings. The van der Waals surface area contributed by atoms with Gasteiger partial charge in [0.05, 0.1) is 23.2 Å². The van der Waals surface area contributed by atoms with Crippen molar-refractivity contribution in [1.82, 2.24) is 9.78 Å². The van der Waals surface area contributed by atoms with E-state index in [-0.39, 0.29) is 28.7 Å². The number of Topliss-reactive ketones (excluding diaryl/α,β-unsaturated/α-hetero) is 1. The number of carbonyl (C=O) groups is 1. The van der Waals surface area contributed by atoms with Crippen LogP contribution in [-0.2, 0) is 9.84 Å². The normalized spacial score (nSPS) is 19.0. The lowest BCUT2D eigenvalue weighted by atomic mass is 10.0. The van der Waals surface area contributed by atoms with Gasteiger partial charge in [-0.05, 0) is 50.6 Å². The first kappa shape index (κ1) is 19.0. The highest BCUT2D eigenvalue weighted by molar-refractivity contribution is 7.91. The number of aryl methyl sites for hydroxylation is 1. The van der Waals surface area contributed by atoms with Crippen LogP contribution in [0.25, 0.3) is 6.08 Å². The smallest absolute Gasteiger partial charge is 0.203 e. The van der Waals surface area contributed by atoms with Crippen LogP contribution < -0.4 is 0 Å². The molecular formula is C19H18FN3O3S. The molecule has 27 heavy (non-hydrogen) atoms. The molecule has 0 spiro atoms. The number of nitrogens with zero attached hydrogens (tertiary/aromatic N) is 3. The van der Waals surface area contributed by atoms with E-state index in [0.29, 0.717) is 23.4 Å². The zero-order valence-electron chi connectivity index (χ0n) is 14.9. The second-order valence-electron chi connectivity index (χ2n) is 6.59. The molecule has 6 nitrogen and oxygen atoms in total. The third-order valence-electron chi connectivity index (χ3n) is 4.70. The van der Waals surface area contributed by atoms with Crippen molar-refractivity contribution >= 4 is 21.7 Å². The van der Waals surface area contributed by atoms with E-state index in [1.54, 1.807) is 18.5 Å². The summed E-state index contributed by atoms with van der Waals surface area (Å²) in [5, 5.41) is 13.8.